The molecule has 0 aliphatic heterocycles. The summed E-state index contributed by atoms with van der Waals surface area (Å²) in [4.78, 5) is 14.3. The van der Waals surface area contributed by atoms with Gasteiger partial charge in [0.15, 0.2) is 0 Å². The van der Waals surface area contributed by atoms with Crippen LogP contribution in [-0.4, -0.2) is 12.5 Å². The van der Waals surface area contributed by atoms with Crippen LogP contribution in [0.1, 0.15) is 45.4 Å². The number of carbonyl (C=O) groups is 1. The highest BCUT2D eigenvalue weighted by molar-refractivity contribution is 7.14. The number of amides is 1. The number of rotatable bonds is 5. The molecule has 1 amide bonds. The quantitative estimate of drug-likeness (QED) is 0.879. The summed E-state index contributed by atoms with van der Waals surface area (Å²) >= 11 is 1.60. The Kier molecular flexibility index (Phi) is 4.96. The van der Waals surface area contributed by atoms with Crippen molar-refractivity contribution >= 4 is 17.2 Å². The highest BCUT2D eigenvalue weighted by atomic mass is 32.1. The molecule has 1 aromatic heterocycles. The smallest absolute Gasteiger partial charge is 0.261 e. The van der Waals surface area contributed by atoms with Crippen molar-refractivity contribution in [3.8, 4) is 0 Å². The minimum Gasteiger partial charge on any atom is -0.351 e. The van der Waals surface area contributed by atoms with Gasteiger partial charge in [0.1, 0.15) is 0 Å². The fraction of sp³-hybridized carbons (Fsp3) is 0.353. The van der Waals surface area contributed by atoms with Gasteiger partial charge in [-0.15, -0.1) is 11.3 Å². The highest BCUT2D eigenvalue weighted by Gasteiger charge is 2.13. The minimum atomic E-state index is 0.0422. The Bertz CT molecular complexity index is 574. The molecule has 1 N–H and O–H groups in total. The van der Waals surface area contributed by atoms with Crippen LogP contribution >= 0.6 is 11.3 Å². The molecule has 3 heteroatoms. The minimum absolute atomic E-state index is 0.0422. The highest BCUT2D eigenvalue weighted by Crippen LogP contribution is 2.22. The average molecular weight is 287 g/mol. The fourth-order valence-corrected chi connectivity index (χ4v) is 3.25. The number of hydrogen-bond donors (Lipinski definition) is 1. The lowest BCUT2D eigenvalue weighted by molar-refractivity contribution is 0.0955. The van der Waals surface area contributed by atoms with Crippen molar-refractivity contribution in [2.75, 3.05) is 6.54 Å². The van der Waals surface area contributed by atoms with E-state index in [1.165, 1.54) is 16.0 Å². The van der Waals surface area contributed by atoms with Gasteiger partial charge in [0.05, 0.1) is 4.88 Å². The third-order valence-corrected chi connectivity index (χ3v) is 4.88. The van der Waals surface area contributed by atoms with Crippen molar-refractivity contribution in [2.24, 2.45) is 0 Å². The molecule has 2 aromatic rings. The summed E-state index contributed by atoms with van der Waals surface area (Å²) in [5.74, 6) is 0.368. The molecule has 1 aromatic carbocycles. The van der Waals surface area contributed by atoms with Crippen molar-refractivity contribution in [3.05, 3.63) is 57.3 Å². The van der Waals surface area contributed by atoms with E-state index in [2.05, 4.69) is 38.2 Å². The van der Waals surface area contributed by atoms with E-state index in [-0.39, 0.29) is 5.91 Å². The van der Waals surface area contributed by atoms with Gasteiger partial charge in [-0.3, -0.25) is 4.79 Å². The van der Waals surface area contributed by atoms with Gasteiger partial charge in [0, 0.05) is 11.4 Å². The summed E-state index contributed by atoms with van der Waals surface area (Å²) < 4.78 is 0. The summed E-state index contributed by atoms with van der Waals surface area (Å²) in [6.45, 7) is 6.99. The molecular formula is C17H21NOS. The predicted octanol–water partition coefficient (Wildman–Crippen LogP) is 4.15. The molecule has 20 heavy (non-hydrogen) atoms. The third kappa shape index (κ3) is 3.48. The molecule has 1 heterocycles. The second kappa shape index (κ2) is 6.71. The van der Waals surface area contributed by atoms with Crippen LogP contribution in [0.3, 0.4) is 0 Å². The molecule has 0 aliphatic rings. The van der Waals surface area contributed by atoms with Gasteiger partial charge in [0.2, 0.25) is 0 Å². The predicted molar refractivity (Wildman–Crippen MR) is 85.6 cm³/mol. The van der Waals surface area contributed by atoms with E-state index in [1.54, 1.807) is 11.3 Å². The largest absolute Gasteiger partial charge is 0.351 e. The van der Waals surface area contributed by atoms with Crippen molar-refractivity contribution in [2.45, 2.75) is 33.1 Å². The first-order valence-electron chi connectivity index (χ1n) is 7.04. The van der Waals surface area contributed by atoms with E-state index in [9.17, 15) is 4.79 Å². The van der Waals surface area contributed by atoms with Crippen molar-refractivity contribution in [3.63, 3.8) is 0 Å². The summed E-state index contributed by atoms with van der Waals surface area (Å²) in [5, 5.41) is 3.03. The molecule has 0 fully saturated rings. The van der Waals surface area contributed by atoms with E-state index >= 15 is 0 Å². The Hall–Kier alpha value is -1.61. The summed E-state index contributed by atoms with van der Waals surface area (Å²) in [5.41, 5.74) is 2.48. The van der Waals surface area contributed by atoms with Crippen LogP contribution in [0.2, 0.25) is 0 Å². The summed E-state index contributed by atoms with van der Waals surface area (Å²) in [6.07, 6.45) is 0.990. The first-order chi connectivity index (χ1) is 9.61. The van der Waals surface area contributed by atoms with Crippen LogP contribution in [0.25, 0.3) is 0 Å². The zero-order chi connectivity index (χ0) is 14.5. The van der Waals surface area contributed by atoms with E-state index in [0.29, 0.717) is 12.5 Å². The Labute approximate surface area is 124 Å². The monoisotopic (exact) mass is 287 g/mol. The number of aryl methyl sites for hydroxylation is 2. The Morgan fingerprint density at radius 2 is 2.00 bits per heavy atom. The maximum atomic E-state index is 12.2. The van der Waals surface area contributed by atoms with Gasteiger partial charge in [-0.1, -0.05) is 44.2 Å². The van der Waals surface area contributed by atoms with Crippen LogP contribution in [0.15, 0.2) is 36.4 Å². The normalized spacial score (nSPS) is 12.2. The molecule has 0 saturated carbocycles. The SMILES string of the molecule is CCc1sc(C(=O)NCC(C)c2ccccc2)cc1C. The van der Waals surface area contributed by atoms with Crippen molar-refractivity contribution in [1.82, 2.24) is 5.32 Å². The Morgan fingerprint density at radius 3 is 2.60 bits per heavy atom. The topological polar surface area (TPSA) is 29.1 Å². The Morgan fingerprint density at radius 1 is 1.30 bits per heavy atom. The van der Waals surface area contributed by atoms with Crippen LogP contribution in [0.4, 0.5) is 0 Å². The van der Waals surface area contributed by atoms with Crippen LogP contribution in [0.5, 0.6) is 0 Å². The molecule has 0 saturated heterocycles. The Balaban J connectivity index is 1.95. The third-order valence-electron chi connectivity index (χ3n) is 3.50. The van der Waals surface area contributed by atoms with Crippen molar-refractivity contribution in [1.29, 1.82) is 0 Å². The first kappa shape index (κ1) is 14.8. The molecule has 0 spiro atoms. The number of thiophene rings is 1. The maximum Gasteiger partial charge on any atom is 0.261 e. The van der Waals surface area contributed by atoms with Crippen LogP contribution < -0.4 is 5.32 Å². The summed E-state index contributed by atoms with van der Waals surface area (Å²) in [7, 11) is 0. The molecule has 0 bridgehead atoms. The van der Waals surface area contributed by atoms with Gasteiger partial charge in [0.25, 0.3) is 5.91 Å². The van der Waals surface area contributed by atoms with Crippen LogP contribution in [0, 0.1) is 6.92 Å². The van der Waals surface area contributed by atoms with E-state index in [0.717, 1.165) is 11.3 Å². The lowest BCUT2D eigenvalue weighted by Crippen LogP contribution is -2.26. The molecule has 0 aliphatic carbocycles. The van der Waals surface area contributed by atoms with Gasteiger partial charge in [-0.05, 0) is 36.5 Å². The second-order valence-corrected chi connectivity index (χ2v) is 6.23. The lowest BCUT2D eigenvalue weighted by Gasteiger charge is -2.12. The zero-order valence-corrected chi connectivity index (χ0v) is 13.1. The van der Waals surface area contributed by atoms with Crippen molar-refractivity contribution < 1.29 is 4.79 Å². The van der Waals surface area contributed by atoms with E-state index in [1.807, 2.05) is 24.3 Å². The molecule has 2 rings (SSSR count). The fourth-order valence-electron chi connectivity index (χ4n) is 2.22. The first-order valence-corrected chi connectivity index (χ1v) is 7.86. The number of carbonyl (C=O) groups excluding carboxylic acids is 1. The van der Waals surface area contributed by atoms with Gasteiger partial charge < -0.3 is 5.32 Å². The van der Waals surface area contributed by atoms with Gasteiger partial charge in [-0.2, -0.15) is 0 Å². The molecule has 1 atom stereocenters. The molecule has 1 unspecified atom stereocenters. The molecular weight excluding hydrogens is 266 g/mol. The summed E-state index contributed by atoms with van der Waals surface area (Å²) in [6, 6.07) is 12.3. The van der Waals surface area contributed by atoms with E-state index in [4.69, 9.17) is 0 Å². The molecule has 106 valence electrons. The standard InChI is InChI=1S/C17H21NOS/c1-4-15-12(2)10-16(20-15)17(19)18-11-13(3)14-8-6-5-7-9-14/h5-10,13H,4,11H2,1-3H3,(H,18,19). The van der Waals surface area contributed by atoms with Gasteiger partial charge in [-0.25, -0.2) is 0 Å². The average Bonchev–Trinajstić information content (AvgIpc) is 2.86. The number of benzene rings is 1. The maximum absolute atomic E-state index is 12.2. The molecule has 2 nitrogen and oxygen atoms in total. The lowest BCUT2D eigenvalue weighted by atomic mass is 10.0. The molecule has 0 radical (unpaired) electrons. The van der Waals surface area contributed by atoms with Crippen LogP contribution in [-0.2, 0) is 6.42 Å². The van der Waals surface area contributed by atoms with Gasteiger partial charge >= 0.3 is 0 Å². The number of nitrogens with one attached hydrogen (secondary N) is 1. The van der Waals surface area contributed by atoms with E-state index < -0.39 is 0 Å². The number of hydrogen-bond acceptors (Lipinski definition) is 2. The zero-order valence-electron chi connectivity index (χ0n) is 12.3. The second-order valence-electron chi connectivity index (χ2n) is 5.09.